The van der Waals surface area contributed by atoms with Crippen LogP contribution in [0.25, 0.3) is 0 Å². The Labute approximate surface area is 148 Å². The molecule has 0 bridgehead atoms. The highest BCUT2D eigenvalue weighted by Crippen LogP contribution is 2.16. The maximum absolute atomic E-state index is 12.2. The van der Waals surface area contributed by atoms with Gasteiger partial charge in [0.1, 0.15) is 4.21 Å². The van der Waals surface area contributed by atoms with Gasteiger partial charge in [-0.05, 0) is 30.7 Å². The average molecular weight is 384 g/mol. The molecule has 2 atom stereocenters. The summed E-state index contributed by atoms with van der Waals surface area (Å²) in [5, 5.41) is 1.68. The van der Waals surface area contributed by atoms with Crippen LogP contribution in [0.15, 0.2) is 21.7 Å². The molecular weight excluding hydrogens is 358 g/mol. The number of hydrogen-bond donors (Lipinski definition) is 2. The lowest BCUT2D eigenvalue weighted by molar-refractivity contribution is -0.131. The molecule has 0 aliphatic carbocycles. The molecule has 1 amide bonds. The zero-order chi connectivity index (χ0) is 16.9. The summed E-state index contributed by atoms with van der Waals surface area (Å²) in [6.07, 6.45) is 0.685. The highest BCUT2D eigenvalue weighted by molar-refractivity contribution is 7.91. The fourth-order valence-electron chi connectivity index (χ4n) is 1.87. The van der Waals surface area contributed by atoms with E-state index in [9.17, 15) is 13.2 Å². The minimum Gasteiger partial charge on any atom is -0.344 e. The van der Waals surface area contributed by atoms with Gasteiger partial charge in [0.05, 0.1) is 6.04 Å². The maximum atomic E-state index is 12.2. The van der Waals surface area contributed by atoms with Gasteiger partial charge in [0.25, 0.3) is 10.0 Å². The highest BCUT2D eigenvalue weighted by atomic mass is 35.5. The Kier molecular flexibility index (Phi) is 9.30. The lowest BCUT2D eigenvalue weighted by Gasteiger charge is -2.24. The summed E-state index contributed by atoms with van der Waals surface area (Å²) >= 11 is 1.12. The number of nitrogens with two attached hydrogens (primary N) is 1. The summed E-state index contributed by atoms with van der Waals surface area (Å²) in [7, 11) is -1.99. The summed E-state index contributed by atoms with van der Waals surface area (Å²) in [4.78, 5) is 13.8. The number of rotatable bonds is 8. The first-order chi connectivity index (χ1) is 10.1. The quantitative estimate of drug-likeness (QED) is 0.714. The largest absolute Gasteiger partial charge is 0.344 e. The van der Waals surface area contributed by atoms with Crippen molar-refractivity contribution < 1.29 is 13.2 Å². The van der Waals surface area contributed by atoms with Crippen LogP contribution < -0.4 is 10.5 Å². The van der Waals surface area contributed by atoms with Gasteiger partial charge in [0.15, 0.2) is 0 Å². The van der Waals surface area contributed by atoms with Crippen LogP contribution in [0, 0.1) is 5.92 Å². The second-order valence-electron chi connectivity index (χ2n) is 5.73. The number of hydrogen-bond acceptors (Lipinski definition) is 5. The molecule has 3 N–H and O–H groups in total. The number of carbonyl (C=O) groups excluding carboxylic acids is 1. The number of nitrogens with zero attached hydrogens (tertiary/aromatic N) is 1. The number of likely N-dealkylation sites (N-methyl/N-ethyl adjacent to an activating group) is 1. The van der Waals surface area contributed by atoms with Gasteiger partial charge < -0.3 is 10.6 Å². The van der Waals surface area contributed by atoms with Crippen LogP contribution in [0.5, 0.6) is 0 Å². The highest BCUT2D eigenvalue weighted by Gasteiger charge is 2.25. The minimum atomic E-state index is -3.64. The van der Waals surface area contributed by atoms with E-state index in [1.807, 2.05) is 13.8 Å². The Morgan fingerprint density at radius 3 is 2.48 bits per heavy atom. The Bertz CT molecular complexity index is 576. The Morgan fingerprint density at radius 1 is 1.39 bits per heavy atom. The van der Waals surface area contributed by atoms with E-state index in [-0.39, 0.29) is 28.6 Å². The fraction of sp³-hybridized carbons (Fsp3) is 0.643. The zero-order valence-corrected chi connectivity index (χ0v) is 16.3. The van der Waals surface area contributed by atoms with Gasteiger partial charge in [-0.15, -0.1) is 23.7 Å². The maximum Gasteiger partial charge on any atom is 0.250 e. The molecule has 0 aliphatic rings. The average Bonchev–Trinajstić information content (AvgIpc) is 2.97. The number of thiophene rings is 1. The van der Waals surface area contributed by atoms with Gasteiger partial charge in [0.2, 0.25) is 5.91 Å². The summed E-state index contributed by atoms with van der Waals surface area (Å²) in [6, 6.07) is 2.38. The molecule has 9 heteroatoms. The summed E-state index contributed by atoms with van der Waals surface area (Å²) in [5.74, 6) is 0.0781. The van der Waals surface area contributed by atoms with Crippen LogP contribution in [-0.2, 0) is 14.8 Å². The van der Waals surface area contributed by atoms with Crippen LogP contribution in [-0.4, -0.2) is 44.9 Å². The van der Waals surface area contributed by atoms with E-state index in [0.717, 1.165) is 11.3 Å². The SMILES string of the molecule is CC(NS(=O)(=O)c1cccs1)C(=O)N(C)CCC(N)C(C)C.Cl. The third kappa shape index (κ3) is 6.76. The molecule has 1 rings (SSSR count). The van der Waals surface area contributed by atoms with E-state index >= 15 is 0 Å². The molecule has 0 saturated carbocycles. The third-order valence-corrected chi connectivity index (χ3v) is 6.43. The molecule has 1 heterocycles. The standard InChI is InChI=1S/C14H25N3O3S2.ClH/c1-10(2)12(15)7-8-17(4)14(18)11(3)16-22(19,20)13-6-5-9-21-13;/h5-6,9-12,16H,7-8,15H2,1-4H3;1H. The second kappa shape index (κ2) is 9.58. The molecule has 1 aromatic heterocycles. The molecule has 1 aromatic rings. The first-order valence-electron chi connectivity index (χ1n) is 7.21. The van der Waals surface area contributed by atoms with E-state index in [2.05, 4.69) is 4.72 Å². The monoisotopic (exact) mass is 383 g/mol. The smallest absolute Gasteiger partial charge is 0.250 e. The first kappa shape index (κ1) is 22.3. The van der Waals surface area contributed by atoms with E-state index in [4.69, 9.17) is 5.73 Å². The Morgan fingerprint density at radius 2 is 2.00 bits per heavy atom. The molecule has 0 spiro atoms. The molecule has 0 aromatic carbocycles. The first-order valence-corrected chi connectivity index (χ1v) is 9.58. The van der Waals surface area contributed by atoms with Gasteiger partial charge in [-0.3, -0.25) is 4.79 Å². The predicted molar refractivity (Wildman–Crippen MR) is 96.4 cm³/mol. The minimum absolute atomic E-state index is 0. The molecule has 0 fully saturated rings. The molecular formula is C14H26ClN3O3S2. The van der Waals surface area contributed by atoms with Crippen molar-refractivity contribution in [2.45, 2.75) is 43.5 Å². The van der Waals surface area contributed by atoms with Gasteiger partial charge in [-0.2, -0.15) is 4.72 Å². The third-order valence-electron chi connectivity index (χ3n) is 3.49. The summed E-state index contributed by atoms with van der Waals surface area (Å²) in [6.45, 7) is 6.12. The van der Waals surface area contributed by atoms with Crippen molar-refractivity contribution in [3.8, 4) is 0 Å². The molecule has 134 valence electrons. The number of sulfonamides is 1. The van der Waals surface area contributed by atoms with Crippen LogP contribution in [0.2, 0.25) is 0 Å². The Balaban J connectivity index is 0.00000484. The van der Waals surface area contributed by atoms with Crippen molar-refractivity contribution in [3.05, 3.63) is 17.5 Å². The van der Waals surface area contributed by atoms with Gasteiger partial charge >= 0.3 is 0 Å². The zero-order valence-electron chi connectivity index (χ0n) is 13.9. The second-order valence-corrected chi connectivity index (χ2v) is 8.62. The van der Waals surface area contributed by atoms with Crippen LogP contribution >= 0.6 is 23.7 Å². The van der Waals surface area contributed by atoms with Gasteiger partial charge in [-0.25, -0.2) is 8.42 Å². The van der Waals surface area contributed by atoms with Crippen molar-refractivity contribution in [2.75, 3.05) is 13.6 Å². The molecule has 0 aliphatic heterocycles. The number of carbonyl (C=O) groups is 1. The molecule has 0 saturated heterocycles. The van der Waals surface area contributed by atoms with Gasteiger partial charge in [-0.1, -0.05) is 19.9 Å². The number of halogens is 1. The Hall–Kier alpha value is -0.670. The van der Waals surface area contributed by atoms with Crippen molar-refractivity contribution in [1.82, 2.24) is 9.62 Å². The van der Waals surface area contributed by atoms with Gasteiger partial charge in [0, 0.05) is 19.6 Å². The number of nitrogens with one attached hydrogen (secondary N) is 1. The predicted octanol–water partition coefficient (Wildman–Crippen LogP) is 1.67. The van der Waals surface area contributed by atoms with Crippen molar-refractivity contribution >= 4 is 39.7 Å². The number of amides is 1. The topological polar surface area (TPSA) is 92.5 Å². The van der Waals surface area contributed by atoms with E-state index < -0.39 is 16.1 Å². The lowest BCUT2D eigenvalue weighted by Crippen LogP contribution is -2.46. The molecule has 23 heavy (non-hydrogen) atoms. The van der Waals surface area contributed by atoms with Crippen LogP contribution in [0.1, 0.15) is 27.2 Å². The normalized spacial score (nSPS) is 14.2. The van der Waals surface area contributed by atoms with Crippen molar-refractivity contribution in [3.63, 3.8) is 0 Å². The molecule has 6 nitrogen and oxygen atoms in total. The lowest BCUT2D eigenvalue weighted by atomic mass is 10.0. The van der Waals surface area contributed by atoms with Crippen LogP contribution in [0.3, 0.4) is 0 Å². The van der Waals surface area contributed by atoms with Crippen molar-refractivity contribution in [1.29, 1.82) is 0 Å². The van der Waals surface area contributed by atoms with Crippen molar-refractivity contribution in [2.24, 2.45) is 11.7 Å². The molecule has 0 radical (unpaired) electrons. The van der Waals surface area contributed by atoms with Crippen LogP contribution in [0.4, 0.5) is 0 Å². The fourth-order valence-corrected chi connectivity index (χ4v) is 4.08. The van der Waals surface area contributed by atoms with E-state index in [0.29, 0.717) is 18.9 Å². The summed E-state index contributed by atoms with van der Waals surface area (Å²) < 4.78 is 26.8. The summed E-state index contributed by atoms with van der Waals surface area (Å²) in [5.41, 5.74) is 5.96. The van der Waals surface area contributed by atoms with E-state index in [1.165, 1.54) is 11.0 Å². The van der Waals surface area contributed by atoms with E-state index in [1.54, 1.807) is 25.4 Å². The molecule has 2 unspecified atom stereocenters.